The Bertz CT molecular complexity index is 726. The summed E-state index contributed by atoms with van der Waals surface area (Å²) >= 11 is 1.49. The Morgan fingerprint density at radius 2 is 2.08 bits per heavy atom. The molecule has 24 heavy (non-hydrogen) atoms. The molecule has 0 bridgehead atoms. The molecule has 2 heterocycles. The third-order valence-electron chi connectivity index (χ3n) is 3.63. The topological polar surface area (TPSA) is 58.2 Å². The van der Waals surface area contributed by atoms with Gasteiger partial charge in [0.15, 0.2) is 5.17 Å². The minimum atomic E-state index is -0.0729. The Kier molecular flexibility index (Phi) is 5.48. The average molecular weight is 341 g/mol. The molecule has 6 heteroatoms. The fourth-order valence-corrected chi connectivity index (χ4v) is 3.66. The normalized spacial score (nSPS) is 19.7. The summed E-state index contributed by atoms with van der Waals surface area (Å²) < 4.78 is 5.20. The van der Waals surface area contributed by atoms with Crippen molar-refractivity contribution < 1.29 is 9.21 Å². The quantitative estimate of drug-likeness (QED) is 0.591. The molecule has 1 aromatic heterocycles. The molecule has 0 aliphatic carbocycles. The van der Waals surface area contributed by atoms with E-state index in [0.717, 1.165) is 18.4 Å². The van der Waals surface area contributed by atoms with E-state index in [0.29, 0.717) is 17.5 Å². The van der Waals surface area contributed by atoms with E-state index in [9.17, 15) is 4.79 Å². The van der Waals surface area contributed by atoms with Gasteiger partial charge >= 0.3 is 0 Å². The van der Waals surface area contributed by atoms with E-state index < -0.39 is 0 Å². The maximum absolute atomic E-state index is 12.7. The molecule has 1 amide bonds. The molecule has 0 unspecified atom stereocenters. The van der Waals surface area contributed by atoms with Gasteiger partial charge in [0.25, 0.3) is 0 Å². The lowest BCUT2D eigenvalue weighted by Crippen LogP contribution is -2.31. The van der Waals surface area contributed by atoms with Crippen molar-refractivity contribution in [2.45, 2.75) is 31.6 Å². The molecule has 1 aromatic carbocycles. The number of carbonyl (C=O) groups excluding carboxylic acids is 1. The van der Waals surface area contributed by atoms with Crippen molar-refractivity contribution in [3.05, 3.63) is 60.1 Å². The highest BCUT2D eigenvalue weighted by Gasteiger charge is 2.37. The maximum atomic E-state index is 12.7. The standard InChI is InChI=1S/C18H19N3O2S/c1-2-7-16-17(22)21(13-14-8-4-3-5-9-14)18(24-16)20-19-12-15-10-6-11-23-15/h3-6,8-12,16H,2,7,13H2,1H3/b19-12-,20-18+/t16-/m0/s1. The molecule has 0 spiro atoms. The summed E-state index contributed by atoms with van der Waals surface area (Å²) in [7, 11) is 0. The van der Waals surface area contributed by atoms with E-state index in [2.05, 4.69) is 17.1 Å². The molecule has 0 N–H and O–H groups in total. The Morgan fingerprint density at radius 1 is 1.25 bits per heavy atom. The van der Waals surface area contributed by atoms with Gasteiger partial charge in [-0.1, -0.05) is 55.4 Å². The summed E-state index contributed by atoms with van der Waals surface area (Å²) in [6.07, 6.45) is 4.94. The third-order valence-corrected chi connectivity index (χ3v) is 4.86. The van der Waals surface area contributed by atoms with Gasteiger partial charge in [0.2, 0.25) is 5.91 Å². The van der Waals surface area contributed by atoms with Gasteiger partial charge in [-0.15, -0.1) is 5.10 Å². The largest absolute Gasteiger partial charge is 0.463 e. The number of thioether (sulfide) groups is 1. The van der Waals surface area contributed by atoms with E-state index in [1.807, 2.05) is 30.3 Å². The first kappa shape index (κ1) is 16.5. The molecule has 1 aliphatic rings. The molecule has 1 saturated heterocycles. The molecular formula is C18H19N3O2S. The van der Waals surface area contributed by atoms with Crippen LogP contribution in [0, 0.1) is 0 Å². The zero-order chi connectivity index (χ0) is 16.8. The van der Waals surface area contributed by atoms with Crippen LogP contribution >= 0.6 is 11.8 Å². The zero-order valence-corrected chi connectivity index (χ0v) is 14.3. The first-order valence-electron chi connectivity index (χ1n) is 7.94. The molecule has 5 nitrogen and oxygen atoms in total. The van der Waals surface area contributed by atoms with Crippen LogP contribution in [0.1, 0.15) is 31.1 Å². The first-order valence-corrected chi connectivity index (χ1v) is 8.82. The number of amides is 1. The summed E-state index contributed by atoms with van der Waals surface area (Å²) in [5.41, 5.74) is 1.08. The van der Waals surface area contributed by atoms with Crippen molar-refractivity contribution in [1.82, 2.24) is 4.90 Å². The van der Waals surface area contributed by atoms with Crippen molar-refractivity contribution in [1.29, 1.82) is 0 Å². The van der Waals surface area contributed by atoms with E-state index in [-0.39, 0.29) is 11.2 Å². The van der Waals surface area contributed by atoms with Gasteiger partial charge in [0.05, 0.1) is 24.3 Å². The van der Waals surface area contributed by atoms with Crippen LogP contribution in [0.5, 0.6) is 0 Å². The predicted molar refractivity (Wildman–Crippen MR) is 97.0 cm³/mol. The smallest absolute Gasteiger partial charge is 0.242 e. The molecule has 3 rings (SSSR count). The summed E-state index contributed by atoms with van der Waals surface area (Å²) in [6, 6.07) is 13.5. The van der Waals surface area contributed by atoms with Gasteiger partial charge in [0, 0.05) is 0 Å². The molecule has 0 saturated carbocycles. The van der Waals surface area contributed by atoms with Crippen LogP contribution in [0.15, 0.2) is 63.3 Å². The summed E-state index contributed by atoms with van der Waals surface area (Å²) in [4.78, 5) is 14.4. The van der Waals surface area contributed by atoms with Crippen LogP contribution in [0.4, 0.5) is 0 Å². The second-order valence-corrected chi connectivity index (χ2v) is 6.62. The number of benzene rings is 1. The second kappa shape index (κ2) is 7.97. The molecular weight excluding hydrogens is 322 g/mol. The average Bonchev–Trinajstić information content (AvgIpc) is 3.21. The van der Waals surface area contributed by atoms with Crippen LogP contribution in [-0.2, 0) is 11.3 Å². The number of rotatable bonds is 6. The summed E-state index contributed by atoms with van der Waals surface area (Å²) in [5, 5.41) is 8.89. The van der Waals surface area contributed by atoms with Crippen molar-refractivity contribution >= 4 is 29.1 Å². The van der Waals surface area contributed by atoms with E-state index >= 15 is 0 Å². The first-order chi connectivity index (χ1) is 11.8. The lowest BCUT2D eigenvalue weighted by atomic mass is 10.2. The van der Waals surface area contributed by atoms with Crippen LogP contribution < -0.4 is 0 Å². The highest BCUT2D eigenvalue weighted by atomic mass is 32.2. The monoisotopic (exact) mass is 341 g/mol. The van der Waals surface area contributed by atoms with Crippen LogP contribution in [0.2, 0.25) is 0 Å². The lowest BCUT2D eigenvalue weighted by Gasteiger charge is -2.15. The zero-order valence-electron chi connectivity index (χ0n) is 13.5. The molecule has 1 atom stereocenters. The SMILES string of the molecule is CCC[C@@H]1S/C(=N/N=C\c2ccco2)N(Cc2ccccc2)C1=O. The van der Waals surface area contributed by atoms with Gasteiger partial charge < -0.3 is 4.42 Å². The van der Waals surface area contributed by atoms with Crippen molar-refractivity contribution in [3.8, 4) is 0 Å². The van der Waals surface area contributed by atoms with E-state index in [4.69, 9.17) is 4.42 Å². The van der Waals surface area contributed by atoms with Crippen molar-refractivity contribution in [2.24, 2.45) is 10.2 Å². The summed E-state index contributed by atoms with van der Waals surface area (Å²) in [6.45, 7) is 2.60. The minimum absolute atomic E-state index is 0.0729. The number of nitrogens with zero attached hydrogens (tertiary/aromatic N) is 3. The van der Waals surface area contributed by atoms with Crippen LogP contribution in [0.3, 0.4) is 0 Å². The van der Waals surface area contributed by atoms with Gasteiger partial charge in [-0.25, -0.2) is 0 Å². The van der Waals surface area contributed by atoms with Gasteiger partial charge in [0.1, 0.15) is 5.76 Å². The predicted octanol–water partition coefficient (Wildman–Crippen LogP) is 3.91. The fraction of sp³-hybridized carbons (Fsp3) is 0.278. The fourth-order valence-electron chi connectivity index (χ4n) is 2.44. The third kappa shape index (κ3) is 3.94. The summed E-state index contributed by atoms with van der Waals surface area (Å²) in [5.74, 6) is 0.742. The van der Waals surface area contributed by atoms with Gasteiger partial charge in [-0.3, -0.25) is 9.69 Å². The molecule has 2 aromatic rings. The van der Waals surface area contributed by atoms with E-state index in [1.165, 1.54) is 11.8 Å². The second-order valence-electron chi connectivity index (χ2n) is 5.45. The van der Waals surface area contributed by atoms with E-state index in [1.54, 1.807) is 29.5 Å². The molecule has 0 radical (unpaired) electrons. The molecule has 1 fully saturated rings. The number of hydrogen-bond donors (Lipinski definition) is 0. The Morgan fingerprint density at radius 3 is 2.79 bits per heavy atom. The van der Waals surface area contributed by atoms with Gasteiger partial charge in [-0.05, 0) is 24.1 Å². The van der Waals surface area contributed by atoms with Crippen molar-refractivity contribution in [3.63, 3.8) is 0 Å². The number of carbonyl (C=O) groups is 1. The van der Waals surface area contributed by atoms with Crippen molar-refractivity contribution in [2.75, 3.05) is 0 Å². The number of furan rings is 1. The Balaban J connectivity index is 1.79. The molecule has 1 aliphatic heterocycles. The van der Waals surface area contributed by atoms with Gasteiger partial charge in [-0.2, -0.15) is 5.10 Å². The minimum Gasteiger partial charge on any atom is -0.463 e. The maximum Gasteiger partial charge on any atom is 0.242 e. The Hall–Kier alpha value is -2.34. The van der Waals surface area contributed by atoms with Crippen LogP contribution in [-0.4, -0.2) is 27.4 Å². The highest BCUT2D eigenvalue weighted by molar-refractivity contribution is 8.15. The molecule has 124 valence electrons. The lowest BCUT2D eigenvalue weighted by molar-refractivity contribution is -0.126. The highest BCUT2D eigenvalue weighted by Crippen LogP contribution is 2.31. The Labute approximate surface area is 145 Å². The number of amidine groups is 1. The number of hydrogen-bond acceptors (Lipinski definition) is 5. The van der Waals surface area contributed by atoms with Crippen LogP contribution in [0.25, 0.3) is 0 Å².